The average Bonchev–Trinajstić information content (AvgIpc) is 2.26. The summed E-state index contributed by atoms with van der Waals surface area (Å²) >= 11 is 5.73. The van der Waals surface area contributed by atoms with E-state index in [2.05, 4.69) is 10.6 Å². The maximum absolute atomic E-state index is 11.0. The minimum Gasteiger partial charge on any atom is -0.375 e. The molecule has 0 saturated heterocycles. The number of carbonyl (C=O) groups is 1. The molecular weight excluding hydrogens is 214 g/mol. The number of anilines is 1. The maximum Gasteiger partial charge on any atom is 0.239 e. The van der Waals surface area contributed by atoms with Gasteiger partial charge in [0.15, 0.2) is 0 Å². The normalized spacial score (nSPS) is 9.13. The number of halogens is 1. The summed E-state index contributed by atoms with van der Waals surface area (Å²) in [6, 6.07) is 6.88. The first-order chi connectivity index (χ1) is 7.17. The lowest BCUT2D eigenvalue weighted by atomic mass is 10.2. The molecule has 0 heterocycles. The van der Waals surface area contributed by atoms with E-state index in [0.29, 0.717) is 16.3 Å². The molecule has 5 heteroatoms. The van der Waals surface area contributed by atoms with Gasteiger partial charge in [-0.3, -0.25) is 4.79 Å². The topological polar surface area (TPSA) is 64.9 Å². The summed E-state index contributed by atoms with van der Waals surface area (Å²) in [6.45, 7) is 0.132. The van der Waals surface area contributed by atoms with E-state index in [1.807, 2.05) is 6.07 Å². The van der Waals surface area contributed by atoms with Crippen molar-refractivity contribution in [3.63, 3.8) is 0 Å². The molecule has 0 bridgehead atoms. The molecule has 0 fully saturated rings. The average molecular weight is 224 g/mol. The third-order valence-electron chi connectivity index (χ3n) is 1.82. The molecule has 0 radical (unpaired) electrons. The first-order valence-corrected chi connectivity index (χ1v) is 4.69. The van der Waals surface area contributed by atoms with Gasteiger partial charge in [-0.05, 0) is 18.2 Å². The molecule has 1 aromatic rings. The largest absolute Gasteiger partial charge is 0.375 e. The Morgan fingerprint density at radius 3 is 2.93 bits per heavy atom. The predicted octanol–water partition coefficient (Wildman–Crippen LogP) is 1.37. The van der Waals surface area contributed by atoms with Crippen molar-refractivity contribution >= 4 is 23.2 Å². The van der Waals surface area contributed by atoms with Crippen LogP contribution >= 0.6 is 11.6 Å². The Morgan fingerprint density at radius 2 is 2.33 bits per heavy atom. The van der Waals surface area contributed by atoms with E-state index in [1.165, 1.54) is 0 Å². The number of hydrogen-bond donors (Lipinski definition) is 2. The van der Waals surface area contributed by atoms with Crippen LogP contribution in [-0.2, 0) is 4.79 Å². The number of nitriles is 1. The predicted molar refractivity (Wildman–Crippen MR) is 58.7 cm³/mol. The third kappa shape index (κ3) is 3.15. The van der Waals surface area contributed by atoms with Crippen molar-refractivity contribution in [2.24, 2.45) is 0 Å². The van der Waals surface area contributed by atoms with Crippen LogP contribution in [0.3, 0.4) is 0 Å². The molecular formula is C10H10ClN3O. The Morgan fingerprint density at radius 1 is 1.60 bits per heavy atom. The van der Waals surface area contributed by atoms with Crippen molar-refractivity contribution in [3.8, 4) is 6.07 Å². The molecule has 4 nitrogen and oxygen atoms in total. The molecule has 0 aliphatic rings. The molecule has 0 aliphatic heterocycles. The van der Waals surface area contributed by atoms with Crippen LogP contribution in [0.5, 0.6) is 0 Å². The van der Waals surface area contributed by atoms with Gasteiger partial charge in [0, 0.05) is 12.1 Å². The van der Waals surface area contributed by atoms with Gasteiger partial charge in [0.2, 0.25) is 5.91 Å². The van der Waals surface area contributed by atoms with Gasteiger partial charge >= 0.3 is 0 Å². The maximum atomic E-state index is 11.0. The van der Waals surface area contributed by atoms with Crippen molar-refractivity contribution < 1.29 is 4.79 Å². The zero-order valence-corrected chi connectivity index (χ0v) is 8.93. The zero-order chi connectivity index (χ0) is 11.3. The lowest BCUT2D eigenvalue weighted by Gasteiger charge is -2.07. The summed E-state index contributed by atoms with van der Waals surface area (Å²) < 4.78 is 0. The number of nitrogens with one attached hydrogen (secondary N) is 2. The van der Waals surface area contributed by atoms with E-state index in [1.54, 1.807) is 25.2 Å². The van der Waals surface area contributed by atoms with Crippen LogP contribution in [0.1, 0.15) is 5.56 Å². The van der Waals surface area contributed by atoms with Crippen molar-refractivity contribution in [2.45, 2.75) is 0 Å². The molecule has 0 atom stereocenters. The molecule has 1 aromatic carbocycles. The highest BCUT2D eigenvalue weighted by molar-refractivity contribution is 6.30. The minimum absolute atomic E-state index is 0.132. The molecule has 0 aromatic heterocycles. The standard InChI is InChI=1S/C10H10ClN3O/c1-13-10(15)6-14-9-3-2-8(11)4-7(9)5-12/h2-4,14H,6H2,1H3,(H,13,15). The van der Waals surface area contributed by atoms with Crippen molar-refractivity contribution in [2.75, 3.05) is 18.9 Å². The second-order valence-corrected chi connectivity index (χ2v) is 3.26. The fourth-order valence-corrected chi connectivity index (χ4v) is 1.20. The number of benzene rings is 1. The van der Waals surface area contributed by atoms with E-state index in [4.69, 9.17) is 16.9 Å². The van der Waals surface area contributed by atoms with Gasteiger partial charge in [0.05, 0.1) is 17.8 Å². The summed E-state index contributed by atoms with van der Waals surface area (Å²) in [5.74, 6) is -0.145. The molecule has 0 spiro atoms. The van der Waals surface area contributed by atoms with Crippen LogP contribution in [0.4, 0.5) is 5.69 Å². The Hall–Kier alpha value is -1.73. The Kier molecular flexibility index (Phi) is 3.95. The smallest absolute Gasteiger partial charge is 0.239 e. The summed E-state index contributed by atoms with van der Waals surface area (Å²) in [6.07, 6.45) is 0. The number of amides is 1. The van der Waals surface area contributed by atoms with Gasteiger partial charge in [-0.25, -0.2) is 0 Å². The van der Waals surface area contributed by atoms with E-state index < -0.39 is 0 Å². The van der Waals surface area contributed by atoms with Crippen LogP contribution in [-0.4, -0.2) is 19.5 Å². The first kappa shape index (κ1) is 11.3. The molecule has 78 valence electrons. The van der Waals surface area contributed by atoms with E-state index in [-0.39, 0.29) is 12.5 Å². The van der Waals surface area contributed by atoms with E-state index in [9.17, 15) is 4.79 Å². The summed E-state index contributed by atoms with van der Waals surface area (Å²) in [4.78, 5) is 11.0. The second kappa shape index (κ2) is 5.23. The molecule has 0 saturated carbocycles. The number of likely N-dealkylation sites (N-methyl/N-ethyl adjacent to an activating group) is 1. The summed E-state index contributed by atoms with van der Waals surface area (Å²) in [5, 5.41) is 14.6. The third-order valence-corrected chi connectivity index (χ3v) is 2.06. The number of rotatable bonds is 3. The molecule has 1 amide bonds. The highest BCUT2D eigenvalue weighted by Crippen LogP contribution is 2.19. The fraction of sp³-hybridized carbons (Fsp3) is 0.200. The van der Waals surface area contributed by atoms with E-state index >= 15 is 0 Å². The van der Waals surface area contributed by atoms with Gasteiger partial charge < -0.3 is 10.6 Å². The van der Waals surface area contributed by atoms with Gasteiger partial charge in [0.1, 0.15) is 6.07 Å². The van der Waals surface area contributed by atoms with Gasteiger partial charge in [-0.2, -0.15) is 5.26 Å². The fourth-order valence-electron chi connectivity index (χ4n) is 1.03. The number of nitrogens with zero attached hydrogens (tertiary/aromatic N) is 1. The van der Waals surface area contributed by atoms with Crippen LogP contribution in [0, 0.1) is 11.3 Å². The summed E-state index contributed by atoms with van der Waals surface area (Å²) in [7, 11) is 1.55. The minimum atomic E-state index is -0.145. The molecule has 0 aliphatic carbocycles. The van der Waals surface area contributed by atoms with Crippen molar-refractivity contribution in [3.05, 3.63) is 28.8 Å². The van der Waals surface area contributed by atoms with Gasteiger partial charge in [-0.1, -0.05) is 11.6 Å². The molecule has 2 N–H and O–H groups in total. The van der Waals surface area contributed by atoms with Crippen LogP contribution in [0.2, 0.25) is 5.02 Å². The molecule has 1 rings (SSSR count). The second-order valence-electron chi connectivity index (χ2n) is 2.83. The highest BCUT2D eigenvalue weighted by Gasteiger charge is 2.03. The lowest BCUT2D eigenvalue weighted by molar-refractivity contribution is -0.118. The Labute approximate surface area is 92.8 Å². The Bertz CT molecular complexity index is 412. The SMILES string of the molecule is CNC(=O)CNc1ccc(Cl)cc1C#N. The number of hydrogen-bond acceptors (Lipinski definition) is 3. The molecule has 0 unspecified atom stereocenters. The van der Waals surface area contributed by atoms with Gasteiger partial charge in [0.25, 0.3) is 0 Å². The zero-order valence-electron chi connectivity index (χ0n) is 8.17. The van der Waals surface area contributed by atoms with Gasteiger partial charge in [-0.15, -0.1) is 0 Å². The van der Waals surface area contributed by atoms with Crippen molar-refractivity contribution in [1.29, 1.82) is 5.26 Å². The molecule has 15 heavy (non-hydrogen) atoms. The number of carbonyl (C=O) groups excluding carboxylic acids is 1. The van der Waals surface area contributed by atoms with Crippen LogP contribution in [0.15, 0.2) is 18.2 Å². The summed E-state index contributed by atoms with van der Waals surface area (Å²) in [5.41, 5.74) is 1.02. The lowest BCUT2D eigenvalue weighted by Crippen LogP contribution is -2.26. The highest BCUT2D eigenvalue weighted by atomic mass is 35.5. The monoisotopic (exact) mass is 223 g/mol. The quantitative estimate of drug-likeness (QED) is 0.814. The van der Waals surface area contributed by atoms with E-state index in [0.717, 1.165) is 0 Å². The van der Waals surface area contributed by atoms with Crippen LogP contribution in [0.25, 0.3) is 0 Å². The van der Waals surface area contributed by atoms with Crippen LogP contribution < -0.4 is 10.6 Å². The first-order valence-electron chi connectivity index (χ1n) is 4.31. The van der Waals surface area contributed by atoms with Crippen molar-refractivity contribution in [1.82, 2.24) is 5.32 Å². The Balaban J connectivity index is 2.77.